The van der Waals surface area contributed by atoms with Gasteiger partial charge in [0, 0.05) is 36.2 Å². The van der Waals surface area contributed by atoms with E-state index in [0.717, 1.165) is 12.1 Å². The molecule has 2 aliphatic carbocycles. The van der Waals surface area contributed by atoms with Crippen molar-refractivity contribution in [3.63, 3.8) is 0 Å². The van der Waals surface area contributed by atoms with Gasteiger partial charge in [-0.25, -0.2) is 22.6 Å². The van der Waals surface area contributed by atoms with Crippen LogP contribution in [0, 0.1) is 23.6 Å². The second-order valence-electron chi connectivity index (χ2n) is 18.1. The highest BCUT2D eigenvalue weighted by Crippen LogP contribution is 2.46. The second kappa shape index (κ2) is 17.6. The summed E-state index contributed by atoms with van der Waals surface area (Å²) in [5.74, 6) is -3.28. The van der Waals surface area contributed by atoms with Crippen molar-refractivity contribution < 1.29 is 50.9 Å². The second-order valence-corrected chi connectivity index (χ2v) is 20.1. The lowest BCUT2D eigenvalue weighted by Crippen LogP contribution is -2.59. The standard InChI is InChI=1S/C43H59FN6O10S/c1-7-26-18-25(2)10-8-9-11-27-22-43(27,40(53)48-61(55,56)29-12-13-29)47-37(51)33-19-28(24-50(33)39(52)36(26)46-41(54)60-42(3,4)5)59-38-31-20-32(44)35(57-6)21-30(31)34(23-45-38)49-14-16-58-17-15-49/h9,11,20-21,23,25-29,33,36H,7-8,10,12-19,22,24H2,1-6H3,(H,46,54)(H,47,51)(H,48,53). The van der Waals surface area contributed by atoms with Gasteiger partial charge in [0.25, 0.3) is 5.91 Å². The number of aromatic nitrogens is 1. The highest BCUT2D eigenvalue weighted by Gasteiger charge is 2.62. The maximum Gasteiger partial charge on any atom is 0.408 e. The molecule has 2 aromatic rings. The SMILES string of the molecule is CCC1CC(C)CCC=CC2CC2(C(=O)NS(=O)(=O)C2CC2)NC(=O)C2CC(Oc3ncc(N4CCOCC4)c4cc(OC)c(F)cc34)CN2C(=O)C1NC(=O)OC(C)(C)C. The number of carbonyl (C=O) groups is 4. The first-order valence-corrected chi connectivity index (χ1v) is 23.0. The van der Waals surface area contributed by atoms with E-state index >= 15 is 9.18 Å². The number of methoxy groups -OCH3 is 1. The summed E-state index contributed by atoms with van der Waals surface area (Å²) >= 11 is 0. The van der Waals surface area contributed by atoms with Crippen LogP contribution in [0.15, 0.2) is 30.5 Å². The number of carbonyl (C=O) groups excluding carboxylic acids is 4. The third kappa shape index (κ3) is 9.84. The minimum Gasteiger partial charge on any atom is -0.494 e. The molecule has 7 unspecified atom stereocenters. The Bertz CT molecular complexity index is 2160. The minimum absolute atomic E-state index is 0.0349. The normalized spacial score (nSPS) is 28.8. The van der Waals surface area contributed by atoms with Crippen molar-refractivity contribution in [2.24, 2.45) is 17.8 Å². The molecule has 7 rings (SSSR count). The number of nitrogens with zero attached hydrogens (tertiary/aromatic N) is 3. The van der Waals surface area contributed by atoms with E-state index in [-0.39, 0.29) is 42.9 Å². The molecule has 4 amide bonds. The molecule has 4 fully saturated rings. The lowest BCUT2D eigenvalue weighted by molar-refractivity contribution is -0.142. The number of benzene rings is 1. The molecular weight excluding hydrogens is 812 g/mol. The summed E-state index contributed by atoms with van der Waals surface area (Å²) in [6.45, 7) is 11.3. The van der Waals surface area contributed by atoms with Crippen molar-refractivity contribution in [3.05, 3.63) is 36.3 Å². The van der Waals surface area contributed by atoms with Gasteiger partial charge < -0.3 is 39.4 Å². The number of morpholine rings is 1. The molecule has 0 bridgehead atoms. The number of amides is 4. The zero-order chi connectivity index (χ0) is 43.9. The number of hydrogen-bond donors (Lipinski definition) is 3. The number of sulfonamides is 1. The van der Waals surface area contributed by atoms with E-state index in [0.29, 0.717) is 69.2 Å². The average molecular weight is 871 g/mol. The van der Waals surface area contributed by atoms with Crippen molar-refractivity contribution >= 4 is 50.3 Å². The number of ether oxygens (including phenoxy) is 4. The van der Waals surface area contributed by atoms with Crippen molar-refractivity contribution in [1.82, 2.24) is 25.2 Å². The van der Waals surface area contributed by atoms with E-state index < -0.39 is 80.2 Å². The Hall–Kier alpha value is -4.71. The summed E-state index contributed by atoms with van der Waals surface area (Å²) < 4.78 is 66.7. The number of nitrogens with one attached hydrogen (secondary N) is 3. The first-order valence-electron chi connectivity index (χ1n) is 21.4. The topological polar surface area (TPSA) is 195 Å². The third-order valence-electron chi connectivity index (χ3n) is 12.4. The van der Waals surface area contributed by atoms with Gasteiger partial charge in [-0.3, -0.25) is 19.1 Å². The van der Waals surface area contributed by atoms with E-state index in [2.05, 4.69) is 32.2 Å². The van der Waals surface area contributed by atoms with Gasteiger partial charge in [0.05, 0.1) is 44.0 Å². The monoisotopic (exact) mass is 870 g/mol. The fourth-order valence-electron chi connectivity index (χ4n) is 8.82. The number of anilines is 1. The predicted octanol–water partition coefficient (Wildman–Crippen LogP) is 4.35. The smallest absolute Gasteiger partial charge is 0.408 e. The molecule has 16 nitrogen and oxygen atoms in total. The fourth-order valence-corrected chi connectivity index (χ4v) is 10.2. The number of pyridine rings is 1. The van der Waals surface area contributed by atoms with Gasteiger partial charge >= 0.3 is 6.09 Å². The number of hydrogen-bond acceptors (Lipinski definition) is 12. The maximum absolute atomic E-state index is 15.4. The number of allylic oxidation sites excluding steroid dienone is 1. The molecule has 0 radical (unpaired) electrons. The van der Waals surface area contributed by atoms with Crippen LogP contribution in [0.1, 0.15) is 86.0 Å². The Morgan fingerprint density at radius 3 is 2.51 bits per heavy atom. The van der Waals surface area contributed by atoms with Gasteiger partial charge in [0.15, 0.2) is 11.6 Å². The van der Waals surface area contributed by atoms with Gasteiger partial charge in [0.2, 0.25) is 27.7 Å². The molecular formula is C43H59FN6O10S. The largest absolute Gasteiger partial charge is 0.494 e. The minimum atomic E-state index is -3.95. The predicted molar refractivity (Wildman–Crippen MR) is 224 cm³/mol. The first-order chi connectivity index (χ1) is 28.9. The fraction of sp³-hybridized carbons (Fsp3) is 0.651. The van der Waals surface area contributed by atoms with Crippen LogP contribution in [0.4, 0.5) is 14.9 Å². The van der Waals surface area contributed by atoms with E-state index in [1.54, 1.807) is 33.0 Å². The Balaban J connectivity index is 1.26. The van der Waals surface area contributed by atoms with Crippen molar-refractivity contribution in [3.8, 4) is 11.6 Å². The first kappa shape index (κ1) is 44.3. The Labute approximate surface area is 356 Å². The van der Waals surface area contributed by atoms with Gasteiger partial charge in [-0.2, -0.15) is 0 Å². The zero-order valence-electron chi connectivity index (χ0n) is 35.8. The molecule has 18 heteroatoms. The molecule has 3 N–H and O–H groups in total. The third-order valence-corrected chi connectivity index (χ3v) is 14.2. The van der Waals surface area contributed by atoms with Crippen molar-refractivity contribution in [1.29, 1.82) is 0 Å². The Morgan fingerprint density at radius 1 is 1.10 bits per heavy atom. The van der Waals surface area contributed by atoms with E-state index in [4.69, 9.17) is 18.9 Å². The van der Waals surface area contributed by atoms with Crippen LogP contribution in [-0.4, -0.2) is 117 Å². The quantitative estimate of drug-likeness (QED) is 0.302. The highest BCUT2D eigenvalue weighted by molar-refractivity contribution is 7.91. The summed E-state index contributed by atoms with van der Waals surface area (Å²) in [5, 5.41) is 6.04. The molecule has 1 aromatic carbocycles. The van der Waals surface area contributed by atoms with Crippen LogP contribution in [0.25, 0.3) is 10.8 Å². The molecule has 7 atom stereocenters. The van der Waals surface area contributed by atoms with Gasteiger partial charge in [-0.1, -0.05) is 32.4 Å². The summed E-state index contributed by atoms with van der Waals surface area (Å²) in [6, 6.07) is 0.567. The summed E-state index contributed by atoms with van der Waals surface area (Å²) in [5.41, 5.74) is -1.70. The molecule has 2 saturated carbocycles. The van der Waals surface area contributed by atoms with Crippen LogP contribution in [0.2, 0.25) is 0 Å². The summed E-state index contributed by atoms with van der Waals surface area (Å²) in [4.78, 5) is 65.1. The van der Waals surface area contributed by atoms with E-state index in [9.17, 15) is 22.8 Å². The van der Waals surface area contributed by atoms with Crippen LogP contribution >= 0.6 is 0 Å². The molecule has 5 aliphatic rings. The number of rotatable bonds is 9. The Kier molecular flexibility index (Phi) is 12.8. The molecule has 2 saturated heterocycles. The molecule has 4 heterocycles. The van der Waals surface area contributed by atoms with Gasteiger partial charge in [0.1, 0.15) is 29.3 Å². The van der Waals surface area contributed by atoms with Crippen LogP contribution in [0.3, 0.4) is 0 Å². The Morgan fingerprint density at radius 2 is 1.84 bits per heavy atom. The summed E-state index contributed by atoms with van der Waals surface area (Å²) in [6.07, 6.45) is 7.30. The molecule has 0 spiro atoms. The zero-order valence-corrected chi connectivity index (χ0v) is 36.6. The number of alkyl carbamates (subject to hydrolysis) is 1. The molecule has 61 heavy (non-hydrogen) atoms. The number of fused-ring (bicyclic) bond motifs is 3. The lowest BCUT2D eigenvalue weighted by atomic mass is 9.85. The maximum atomic E-state index is 15.4. The van der Waals surface area contributed by atoms with Crippen molar-refractivity contribution in [2.45, 2.75) is 121 Å². The van der Waals surface area contributed by atoms with Crippen LogP contribution in [0.5, 0.6) is 11.6 Å². The van der Waals surface area contributed by atoms with Gasteiger partial charge in [-0.15, -0.1) is 0 Å². The van der Waals surface area contributed by atoms with Gasteiger partial charge in [-0.05, 0) is 83.3 Å². The highest BCUT2D eigenvalue weighted by atomic mass is 32.2. The summed E-state index contributed by atoms with van der Waals surface area (Å²) in [7, 11) is -2.56. The molecule has 1 aromatic heterocycles. The van der Waals surface area contributed by atoms with E-state index in [1.807, 2.05) is 19.1 Å². The lowest BCUT2D eigenvalue weighted by Gasteiger charge is -2.34. The van der Waals surface area contributed by atoms with E-state index in [1.165, 1.54) is 18.1 Å². The number of halogens is 1. The molecule has 3 aliphatic heterocycles. The van der Waals surface area contributed by atoms with Crippen LogP contribution in [-0.2, 0) is 33.9 Å². The van der Waals surface area contributed by atoms with Crippen molar-refractivity contribution in [2.75, 3.05) is 44.9 Å². The van der Waals surface area contributed by atoms with Crippen LogP contribution < -0.4 is 29.7 Å². The average Bonchev–Trinajstić information content (AvgIpc) is 4.14. The molecule has 334 valence electrons.